The Balaban J connectivity index is 1.65. The van der Waals surface area contributed by atoms with E-state index in [1.807, 2.05) is 45.0 Å². The standard InChI is InChI=1S/C18H24ClN3O2/c1-18(2,3)17-21-15(22-24-17)10-11-20-16(23)9-5-7-13-6-4-8-14(19)12-13/h4,6,8,12H,5,7,9-11H2,1-3H3,(H,20,23). The van der Waals surface area contributed by atoms with Crippen LogP contribution in [-0.4, -0.2) is 22.6 Å². The van der Waals surface area contributed by atoms with Crippen LogP contribution in [0.25, 0.3) is 0 Å². The summed E-state index contributed by atoms with van der Waals surface area (Å²) in [7, 11) is 0. The van der Waals surface area contributed by atoms with Gasteiger partial charge in [-0.3, -0.25) is 4.79 Å². The zero-order chi connectivity index (χ0) is 17.6. The number of rotatable bonds is 7. The van der Waals surface area contributed by atoms with Crippen molar-refractivity contribution in [3.05, 3.63) is 46.6 Å². The van der Waals surface area contributed by atoms with Gasteiger partial charge in [-0.15, -0.1) is 0 Å². The average molecular weight is 350 g/mol. The summed E-state index contributed by atoms with van der Waals surface area (Å²) in [6.45, 7) is 6.57. The van der Waals surface area contributed by atoms with E-state index in [1.54, 1.807) is 0 Å². The Bertz CT molecular complexity index is 677. The first-order chi connectivity index (χ1) is 11.3. The molecule has 1 aromatic carbocycles. The van der Waals surface area contributed by atoms with Gasteiger partial charge >= 0.3 is 0 Å². The topological polar surface area (TPSA) is 68.0 Å². The Morgan fingerprint density at radius 3 is 2.75 bits per heavy atom. The molecule has 0 saturated heterocycles. The van der Waals surface area contributed by atoms with E-state index in [0.29, 0.717) is 31.1 Å². The van der Waals surface area contributed by atoms with Gasteiger partial charge in [0.05, 0.1) is 0 Å². The van der Waals surface area contributed by atoms with E-state index < -0.39 is 0 Å². The zero-order valence-electron chi connectivity index (χ0n) is 14.4. The van der Waals surface area contributed by atoms with Crippen molar-refractivity contribution >= 4 is 17.5 Å². The highest BCUT2D eigenvalue weighted by Gasteiger charge is 2.21. The van der Waals surface area contributed by atoms with Crippen molar-refractivity contribution in [1.82, 2.24) is 15.5 Å². The van der Waals surface area contributed by atoms with Gasteiger partial charge in [0.15, 0.2) is 5.82 Å². The summed E-state index contributed by atoms with van der Waals surface area (Å²) < 4.78 is 5.23. The highest BCUT2D eigenvalue weighted by molar-refractivity contribution is 6.30. The van der Waals surface area contributed by atoms with Crippen LogP contribution in [0.3, 0.4) is 0 Å². The SMILES string of the molecule is CC(C)(C)c1nc(CCNC(=O)CCCc2cccc(Cl)c2)no1. The number of benzene rings is 1. The van der Waals surface area contributed by atoms with Gasteiger partial charge in [0.1, 0.15) is 0 Å². The summed E-state index contributed by atoms with van der Waals surface area (Å²) in [5.74, 6) is 1.28. The van der Waals surface area contributed by atoms with Crippen LogP contribution in [0, 0.1) is 0 Å². The predicted octanol–water partition coefficient (Wildman–Crippen LogP) is 3.70. The molecule has 0 aliphatic rings. The molecule has 0 aliphatic carbocycles. The van der Waals surface area contributed by atoms with Crippen molar-refractivity contribution in [2.75, 3.05) is 6.54 Å². The third-order valence-electron chi connectivity index (χ3n) is 3.54. The summed E-state index contributed by atoms with van der Waals surface area (Å²) in [6, 6.07) is 7.73. The van der Waals surface area contributed by atoms with Crippen LogP contribution < -0.4 is 5.32 Å². The minimum atomic E-state index is -0.158. The summed E-state index contributed by atoms with van der Waals surface area (Å²) in [4.78, 5) is 16.2. The minimum Gasteiger partial charge on any atom is -0.356 e. The zero-order valence-corrected chi connectivity index (χ0v) is 15.2. The predicted molar refractivity (Wildman–Crippen MR) is 94.1 cm³/mol. The van der Waals surface area contributed by atoms with Crippen LogP contribution in [0.2, 0.25) is 5.02 Å². The molecule has 5 nitrogen and oxygen atoms in total. The number of amides is 1. The van der Waals surface area contributed by atoms with Crippen LogP contribution in [0.5, 0.6) is 0 Å². The van der Waals surface area contributed by atoms with E-state index in [2.05, 4.69) is 15.5 Å². The highest BCUT2D eigenvalue weighted by Crippen LogP contribution is 2.19. The number of nitrogens with zero attached hydrogens (tertiary/aromatic N) is 2. The van der Waals surface area contributed by atoms with E-state index in [4.69, 9.17) is 16.1 Å². The number of nitrogens with one attached hydrogen (secondary N) is 1. The van der Waals surface area contributed by atoms with Crippen LogP contribution in [0.1, 0.15) is 50.9 Å². The number of halogens is 1. The molecule has 2 aromatic rings. The van der Waals surface area contributed by atoms with E-state index in [9.17, 15) is 4.79 Å². The van der Waals surface area contributed by atoms with Crippen molar-refractivity contribution in [1.29, 1.82) is 0 Å². The van der Waals surface area contributed by atoms with Crippen LogP contribution in [0.4, 0.5) is 0 Å². The normalized spacial score (nSPS) is 11.5. The molecule has 0 fully saturated rings. The summed E-state index contributed by atoms with van der Waals surface area (Å²) >= 11 is 5.94. The first-order valence-corrected chi connectivity index (χ1v) is 8.56. The largest absolute Gasteiger partial charge is 0.356 e. The van der Waals surface area contributed by atoms with Crippen LogP contribution in [0.15, 0.2) is 28.8 Å². The van der Waals surface area contributed by atoms with Gasteiger partial charge in [0.25, 0.3) is 0 Å². The number of carbonyl (C=O) groups excluding carboxylic acids is 1. The molecule has 0 saturated carbocycles. The van der Waals surface area contributed by atoms with Gasteiger partial charge in [0, 0.05) is 29.8 Å². The molecule has 0 unspecified atom stereocenters. The van der Waals surface area contributed by atoms with E-state index >= 15 is 0 Å². The van der Waals surface area contributed by atoms with Gasteiger partial charge in [0.2, 0.25) is 11.8 Å². The molecule has 6 heteroatoms. The Morgan fingerprint density at radius 2 is 2.08 bits per heavy atom. The van der Waals surface area contributed by atoms with Crippen molar-refractivity contribution in [2.45, 2.75) is 51.9 Å². The van der Waals surface area contributed by atoms with Gasteiger partial charge in [-0.1, -0.05) is 49.7 Å². The molecule has 0 atom stereocenters. The molecule has 130 valence electrons. The Hall–Kier alpha value is -1.88. The quantitative estimate of drug-likeness (QED) is 0.827. The fourth-order valence-corrected chi connectivity index (χ4v) is 2.42. The lowest BCUT2D eigenvalue weighted by Crippen LogP contribution is -2.25. The van der Waals surface area contributed by atoms with Crippen LogP contribution >= 0.6 is 11.6 Å². The summed E-state index contributed by atoms with van der Waals surface area (Å²) in [5.41, 5.74) is 0.992. The van der Waals surface area contributed by atoms with Gasteiger partial charge in [-0.2, -0.15) is 4.98 Å². The lowest BCUT2D eigenvalue weighted by Gasteiger charge is -2.10. The maximum absolute atomic E-state index is 11.9. The molecular weight excluding hydrogens is 326 g/mol. The number of aromatic nitrogens is 2. The van der Waals surface area contributed by atoms with Crippen molar-refractivity contribution in [2.24, 2.45) is 0 Å². The van der Waals surface area contributed by atoms with Crippen molar-refractivity contribution < 1.29 is 9.32 Å². The minimum absolute atomic E-state index is 0.0385. The van der Waals surface area contributed by atoms with Gasteiger partial charge < -0.3 is 9.84 Å². The summed E-state index contributed by atoms with van der Waals surface area (Å²) in [5, 5.41) is 7.56. The first kappa shape index (κ1) is 18.5. The molecule has 0 aliphatic heterocycles. The molecular formula is C18H24ClN3O2. The second kappa shape index (κ2) is 8.29. The Morgan fingerprint density at radius 1 is 1.29 bits per heavy atom. The number of aryl methyl sites for hydroxylation is 1. The fraction of sp³-hybridized carbons (Fsp3) is 0.500. The lowest BCUT2D eigenvalue weighted by atomic mass is 9.97. The first-order valence-electron chi connectivity index (χ1n) is 8.19. The molecule has 0 radical (unpaired) electrons. The molecule has 1 heterocycles. The second-order valence-corrected chi connectivity index (χ2v) is 7.29. The average Bonchev–Trinajstić information content (AvgIpc) is 2.96. The smallest absolute Gasteiger partial charge is 0.232 e. The molecule has 0 spiro atoms. The van der Waals surface area contributed by atoms with Gasteiger partial charge in [-0.05, 0) is 30.5 Å². The van der Waals surface area contributed by atoms with Crippen molar-refractivity contribution in [3.8, 4) is 0 Å². The fourth-order valence-electron chi connectivity index (χ4n) is 2.21. The van der Waals surface area contributed by atoms with E-state index in [-0.39, 0.29) is 11.3 Å². The third kappa shape index (κ3) is 5.96. The molecule has 24 heavy (non-hydrogen) atoms. The van der Waals surface area contributed by atoms with Gasteiger partial charge in [-0.25, -0.2) is 0 Å². The number of hydrogen-bond acceptors (Lipinski definition) is 4. The van der Waals surface area contributed by atoms with E-state index in [0.717, 1.165) is 23.4 Å². The summed E-state index contributed by atoms with van der Waals surface area (Å²) in [6.07, 6.45) is 2.70. The van der Waals surface area contributed by atoms with E-state index in [1.165, 1.54) is 0 Å². The molecule has 1 amide bonds. The Labute approximate surface area is 147 Å². The monoisotopic (exact) mass is 349 g/mol. The number of carbonyl (C=O) groups is 1. The maximum Gasteiger partial charge on any atom is 0.232 e. The Kier molecular flexibility index (Phi) is 6.37. The molecule has 0 bridgehead atoms. The molecule has 1 aromatic heterocycles. The second-order valence-electron chi connectivity index (χ2n) is 6.85. The lowest BCUT2D eigenvalue weighted by molar-refractivity contribution is -0.121. The van der Waals surface area contributed by atoms with Crippen molar-refractivity contribution in [3.63, 3.8) is 0 Å². The highest BCUT2D eigenvalue weighted by atomic mass is 35.5. The van der Waals surface area contributed by atoms with Crippen LogP contribution in [-0.2, 0) is 23.1 Å². The number of hydrogen-bond donors (Lipinski definition) is 1. The maximum atomic E-state index is 11.9. The third-order valence-corrected chi connectivity index (χ3v) is 3.77. The molecule has 2 rings (SSSR count). The molecule has 1 N–H and O–H groups in total.